The van der Waals surface area contributed by atoms with Gasteiger partial charge in [-0.25, -0.2) is 4.98 Å². The van der Waals surface area contributed by atoms with E-state index in [4.69, 9.17) is 5.11 Å². The number of aromatic amines is 1. The maximum Gasteiger partial charge on any atom is 0.108 e. The first-order valence-corrected chi connectivity index (χ1v) is 6.38. The van der Waals surface area contributed by atoms with E-state index in [1.807, 2.05) is 19.1 Å². The highest BCUT2D eigenvalue weighted by Gasteiger charge is 2.07. The molecule has 0 amide bonds. The standard InChI is InChI=1S/C13H15BrN2O/c1-9-12(16-13(15-9)6-7-17)8-10-2-4-11(14)5-3-10/h2-5,17H,6-8H2,1H3,(H,15,16). The highest BCUT2D eigenvalue weighted by molar-refractivity contribution is 9.10. The van der Waals surface area contributed by atoms with Crippen LogP contribution in [0.3, 0.4) is 0 Å². The van der Waals surface area contributed by atoms with E-state index >= 15 is 0 Å². The first-order chi connectivity index (χ1) is 8.19. The van der Waals surface area contributed by atoms with Gasteiger partial charge in [0.15, 0.2) is 0 Å². The van der Waals surface area contributed by atoms with E-state index in [0.717, 1.165) is 28.1 Å². The lowest BCUT2D eigenvalue weighted by molar-refractivity contribution is 0.297. The summed E-state index contributed by atoms with van der Waals surface area (Å²) in [4.78, 5) is 7.69. The second-order valence-electron chi connectivity index (χ2n) is 4.03. The fourth-order valence-corrected chi connectivity index (χ4v) is 2.02. The van der Waals surface area contributed by atoms with Crippen LogP contribution in [0.25, 0.3) is 0 Å². The summed E-state index contributed by atoms with van der Waals surface area (Å²) >= 11 is 3.42. The number of aromatic nitrogens is 2. The van der Waals surface area contributed by atoms with Crippen molar-refractivity contribution in [2.24, 2.45) is 0 Å². The highest BCUT2D eigenvalue weighted by Crippen LogP contribution is 2.15. The Bertz CT molecular complexity index is 491. The van der Waals surface area contributed by atoms with E-state index in [1.165, 1.54) is 5.56 Å². The molecule has 1 aromatic heterocycles. The van der Waals surface area contributed by atoms with E-state index in [2.05, 4.69) is 38.0 Å². The Kier molecular flexibility index (Phi) is 3.97. The van der Waals surface area contributed by atoms with Crippen LogP contribution in [-0.2, 0) is 12.8 Å². The molecule has 90 valence electrons. The number of benzene rings is 1. The second-order valence-corrected chi connectivity index (χ2v) is 4.95. The fraction of sp³-hybridized carbons (Fsp3) is 0.308. The van der Waals surface area contributed by atoms with Gasteiger partial charge in [-0.15, -0.1) is 0 Å². The fourth-order valence-electron chi connectivity index (χ4n) is 1.76. The predicted molar refractivity (Wildman–Crippen MR) is 71.1 cm³/mol. The molecular formula is C13H15BrN2O. The average molecular weight is 295 g/mol. The Hall–Kier alpha value is -1.13. The highest BCUT2D eigenvalue weighted by atomic mass is 79.9. The van der Waals surface area contributed by atoms with Crippen LogP contribution >= 0.6 is 15.9 Å². The van der Waals surface area contributed by atoms with Crippen LogP contribution in [0.5, 0.6) is 0 Å². The van der Waals surface area contributed by atoms with E-state index in [0.29, 0.717) is 6.42 Å². The minimum atomic E-state index is 0.130. The zero-order chi connectivity index (χ0) is 12.3. The Morgan fingerprint density at radius 2 is 2.00 bits per heavy atom. The number of halogens is 1. The van der Waals surface area contributed by atoms with Crippen molar-refractivity contribution in [2.45, 2.75) is 19.8 Å². The number of H-pyrrole nitrogens is 1. The minimum absolute atomic E-state index is 0.130. The number of aryl methyl sites for hydroxylation is 1. The van der Waals surface area contributed by atoms with Gasteiger partial charge in [0.2, 0.25) is 0 Å². The smallest absolute Gasteiger partial charge is 0.108 e. The summed E-state index contributed by atoms with van der Waals surface area (Å²) in [6.07, 6.45) is 1.40. The van der Waals surface area contributed by atoms with Gasteiger partial charge in [0.05, 0.1) is 12.3 Å². The lowest BCUT2D eigenvalue weighted by Gasteiger charge is -1.99. The van der Waals surface area contributed by atoms with E-state index < -0.39 is 0 Å². The molecule has 0 aliphatic heterocycles. The molecule has 2 N–H and O–H groups in total. The summed E-state index contributed by atoms with van der Waals surface area (Å²) in [5.41, 5.74) is 3.37. The topological polar surface area (TPSA) is 48.9 Å². The summed E-state index contributed by atoms with van der Waals surface area (Å²) < 4.78 is 1.08. The Morgan fingerprint density at radius 3 is 2.65 bits per heavy atom. The molecule has 2 aromatic rings. The third-order valence-corrected chi connectivity index (χ3v) is 3.20. The normalized spacial score (nSPS) is 10.8. The van der Waals surface area contributed by atoms with Gasteiger partial charge in [0.1, 0.15) is 5.82 Å². The largest absolute Gasteiger partial charge is 0.396 e. The van der Waals surface area contributed by atoms with Gasteiger partial charge in [-0.1, -0.05) is 28.1 Å². The van der Waals surface area contributed by atoms with E-state index in [-0.39, 0.29) is 6.61 Å². The van der Waals surface area contributed by atoms with Crippen LogP contribution < -0.4 is 0 Å². The third-order valence-electron chi connectivity index (χ3n) is 2.67. The zero-order valence-electron chi connectivity index (χ0n) is 9.70. The van der Waals surface area contributed by atoms with Gasteiger partial charge in [-0.3, -0.25) is 0 Å². The zero-order valence-corrected chi connectivity index (χ0v) is 11.3. The van der Waals surface area contributed by atoms with Crippen molar-refractivity contribution in [3.63, 3.8) is 0 Å². The number of nitrogens with zero attached hydrogens (tertiary/aromatic N) is 1. The van der Waals surface area contributed by atoms with Gasteiger partial charge in [0.25, 0.3) is 0 Å². The van der Waals surface area contributed by atoms with Crippen LogP contribution in [0, 0.1) is 6.92 Å². The van der Waals surface area contributed by atoms with Gasteiger partial charge in [0, 0.05) is 23.0 Å². The number of nitrogens with one attached hydrogen (secondary N) is 1. The van der Waals surface area contributed by atoms with Gasteiger partial charge in [-0.05, 0) is 24.6 Å². The summed E-state index contributed by atoms with van der Waals surface area (Å²) in [7, 11) is 0. The minimum Gasteiger partial charge on any atom is -0.396 e. The van der Waals surface area contributed by atoms with Crippen LogP contribution in [-0.4, -0.2) is 21.7 Å². The Labute approximate surface area is 109 Å². The quantitative estimate of drug-likeness (QED) is 0.911. The SMILES string of the molecule is Cc1[nH]c(CCO)nc1Cc1ccc(Br)cc1. The molecule has 0 fully saturated rings. The molecule has 1 aromatic carbocycles. The number of aliphatic hydroxyl groups excluding tert-OH is 1. The molecule has 0 saturated carbocycles. The summed E-state index contributed by atoms with van der Waals surface area (Å²) in [5, 5.41) is 8.87. The lowest BCUT2D eigenvalue weighted by Crippen LogP contribution is -1.94. The van der Waals surface area contributed by atoms with Crippen LogP contribution in [0.4, 0.5) is 0 Å². The monoisotopic (exact) mass is 294 g/mol. The van der Waals surface area contributed by atoms with Crippen molar-refractivity contribution >= 4 is 15.9 Å². The predicted octanol–water partition coefficient (Wildman–Crippen LogP) is 2.61. The lowest BCUT2D eigenvalue weighted by atomic mass is 10.1. The second kappa shape index (κ2) is 5.47. The van der Waals surface area contributed by atoms with Crippen LogP contribution in [0.1, 0.15) is 22.8 Å². The average Bonchev–Trinajstić information content (AvgIpc) is 2.63. The molecule has 1 heterocycles. The molecule has 0 aliphatic carbocycles. The Morgan fingerprint density at radius 1 is 1.29 bits per heavy atom. The number of rotatable bonds is 4. The summed E-state index contributed by atoms with van der Waals surface area (Å²) in [6.45, 7) is 2.15. The molecule has 0 saturated heterocycles. The maximum atomic E-state index is 8.87. The Balaban J connectivity index is 2.15. The van der Waals surface area contributed by atoms with Crippen LogP contribution in [0.15, 0.2) is 28.7 Å². The molecule has 0 aliphatic rings. The third kappa shape index (κ3) is 3.17. The maximum absolute atomic E-state index is 8.87. The van der Waals surface area contributed by atoms with E-state index in [9.17, 15) is 0 Å². The number of hydrogen-bond acceptors (Lipinski definition) is 2. The number of hydrogen-bond donors (Lipinski definition) is 2. The molecule has 0 spiro atoms. The van der Waals surface area contributed by atoms with Crippen molar-refractivity contribution in [3.05, 3.63) is 51.5 Å². The van der Waals surface area contributed by atoms with Crippen molar-refractivity contribution in [2.75, 3.05) is 6.61 Å². The molecule has 4 heteroatoms. The van der Waals surface area contributed by atoms with Gasteiger partial charge >= 0.3 is 0 Å². The summed E-state index contributed by atoms with van der Waals surface area (Å²) in [5.74, 6) is 0.858. The molecule has 2 rings (SSSR count). The van der Waals surface area contributed by atoms with Crippen molar-refractivity contribution in [1.29, 1.82) is 0 Å². The molecule has 0 unspecified atom stereocenters. The molecule has 0 bridgehead atoms. The molecular weight excluding hydrogens is 280 g/mol. The first kappa shape index (κ1) is 12.3. The molecule has 0 radical (unpaired) electrons. The summed E-state index contributed by atoms with van der Waals surface area (Å²) in [6, 6.07) is 8.24. The number of aliphatic hydroxyl groups is 1. The van der Waals surface area contributed by atoms with E-state index in [1.54, 1.807) is 0 Å². The molecule has 17 heavy (non-hydrogen) atoms. The molecule has 3 nitrogen and oxygen atoms in total. The van der Waals surface area contributed by atoms with Gasteiger partial charge in [-0.2, -0.15) is 0 Å². The van der Waals surface area contributed by atoms with Crippen LogP contribution in [0.2, 0.25) is 0 Å². The first-order valence-electron chi connectivity index (χ1n) is 5.58. The van der Waals surface area contributed by atoms with Crippen molar-refractivity contribution in [1.82, 2.24) is 9.97 Å². The van der Waals surface area contributed by atoms with Gasteiger partial charge < -0.3 is 10.1 Å². The van der Waals surface area contributed by atoms with Crippen molar-refractivity contribution < 1.29 is 5.11 Å². The number of imidazole rings is 1. The van der Waals surface area contributed by atoms with Crippen molar-refractivity contribution in [3.8, 4) is 0 Å². The molecule has 0 atom stereocenters.